The number of hydrogen-bond donors (Lipinski definition) is 0. The molecule has 0 amide bonds. The Kier molecular flexibility index (Phi) is 2.44. The maximum Gasteiger partial charge on any atom is 0.246 e. The van der Waals surface area contributed by atoms with Gasteiger partial charge in [0.2, 0.25) is 6.04 Å². The van der Waals surface area contributed by atoms with Crippen molar-refractivity contribution in [2.75, 3.05) is 0 Å². The number of rotatable bonds is 1. The van der Waals surface area contributed by atoms with E-state index in [4.69, 9.17) is 6.57 Å². The number of aryl methyl sites for hydroxylation is 1. The number of hydrogen-bond acceptors (Lipinski definition) is 0. The van der Waals surface area contributed by atoms with E-state index in [1.54, 1.807) is 13.0 Å². The lowest BCUT2D eigenvalue weighted by Crippen LogP contribution is -1.92. The molecule has 1 rings (SSSR count). The Bertz CT molecular complexity index is 325. The zero-order chi connectivity index (χ0) is 9.14. The molecule has 0 saturated heterocycles. The molecule has 0 N–H and O–H groups in total. The molecule has 0 fully saturated rings. The van der Waals surface area contributed by atoms with Crippen LogP contribution in [0.2, 0.25) is 0 Å². The van der Waals surface area contributed by atoms with Gasteiger partial charge in [0.15, 0.2) is 0 Å². The Morgan fingerprint density at radius 3 is 2.75 bits per heavy atom. The van der Waals surface area contributed by atoms with E-state index < -0.39 is 0 Å². The average Bonchev–Trinajstić information content (AvgIpc) is 2.08. The van der Waals surface area contributed by atoms with Crippen LogP contribution in [-0.4, -0.2) is 0 Å². The van der Waals surface area contributed by atoms with Gasteiger partial charge in [-0.15, -0.1) is 0 Å². The van der Waals surface area contributed by atoms with Gasteiger partial charge in [0.25, 0.3) is 0 Å². The lowest BCUT2D eigenvalue weighted by atomic mass is 10.0. The Hall–Kier alpha value is -1.36. The van der Waals surface area contributed by atoms with Crippen molar-refractivity contribution in [3.63, 3.8) is 0 Å². The third-order valence-electron chi connectivity index (χ3n) is 1.89. The Balaban J connectivity index is 3.15. The summed E-state index contributed by atoms with van der Waals surface area (Å²) in [7, 11) is 0. The lowest BCUT2D eigenvalue weighted by molar-refractivity contribution is 0.623. The van der Waals surface area contributed by atoms with Crippen molar-refractivity contribution in [1.82, 2.24) is 0 Å². The molecule has 62 valence electrons. The quantitative estimate of drug-likeness (QED) is 0.560. The molecule has 1 aromatic carbocycles. The molecule has 0 spiro atoms. The topological polar surface area (TPSA) is 4.36 Å². The van der Waals surface area contributed by atoms with Crippen LogP contribution in [0.25, 0.3) is 4.85 Å². The molecule has 0 aromatic heterocycles. The summed E-state index contributed by atoms with van der Waals surface area (Å²) in [6.07, 6.45) is 0. The molecule has 12 heavy (non-hydrogen) atoms. The fraction of sp³-hybridized carbons (Fsp3) is 0.300. The van der Waals surface area contributed by atoms with Gasteiger partial charge < -0.3 is 4.85 Å². The summed E-state index contributed by atoms with van der Waals surface area (Å²) in [5.74, 6) is -0.272. The standard InChI is InChI=1S/C10H10FN/c1-7-4-5-9(11)6-10(7)8(2)12-3/h4-6,8H,1-2H3. The maximum atomic E-state index is 12.7. The van der Waals surface area contributed by atoms with Gasteiger partial charge in [0, 0.05) is 12.5 Å². The second-order valence-electron chi connectivity index (χ2n) is 2.81. The van der Waals surface area contributed by atoms with Crippen molar-refractivity contribution in [3.8, 4) is 0 Å². The van der Waals surface area contributed by atoms with Crippen molar-refractivity contribution in [1.29, 1.82) is 0 Å². The van der Waals surface area contributed by atoms with Crippen LogP contribution >= 0.6 is 0 Å². The lowest BCUT2D eigenvalue weighted by Gasteiger charge is -2.03. The first kappa shape index (κ1) is 8.73. The number of nitrogens with zero attached hydrogens (tertiary/aromatic N) is 1. The fourth-order valence-electron chi connectivity index (χ4n) is 1.13. The predicted octanol–water partition coefficient (Wildman–Crippen LogP) is 3.11. The number of benzene rings is 1. The van der Waals surface area contributed by atoms with Gasteiger partial charge in [-0.25, -0.2) is 11.0 Å². The summed E-state index contributed by atoms with van der Waals surface area (Å²) in [6.45, 7) is 10.5. The van der Waals surface area contributed by atoms with Gasteiger partial charge in [-0.3, -0.25) is 0 Å². The molecule has 0 radical (unpaired) electrons. The van der Waals surface area contributed by atoms with E-state index >= 15 is 0 Å². The molecule has 2 heteroatoms. The summed E-state index contributed by atoms with van der Waals surface area (Å²) in [6, 6.07) is 4.29. The van der Waals surface area contributed by atoms with Crippen LogP contribution in [0, 0.1) is 19.3 Å². The van der Waals surface area contributed by atoms with E-state index in [0.29, 0.717) is 0 Å². The monoisotopic (exact) mass is 163 g/mol. The van der Waals surface area contributed by atoms with Crippen molar-refractivity contribution >= 4 is 0 Å². The largest absolute Gasteiger partial charge is 0.309 e. The van der Waals surface area contributed by atoms with Gasteiger partial charge in [-0.05, 0) is 24.6 Å². The molecule has 1 unspecified atom stereocenters. The Labute approximate surface area is 71.7 Å². The fourth-order valence-corrected chi connectivity index (χ4v) is 1.13. The van der Waals surface area contributed by atoms with Gasteiger partial charge in [0.05, 0.1) is 0 Å². The van der Waals surface area contributed by atoms with Gasteiger partial charge >= 0.3 is 0 Å². The summed E-state index contributed by atoms with van der Waals surface area (Å²) in [5, 5.41) is 0. The first-order valence-corrected chi connectivity index (χ1v) is 3.77. The molecule has 0 bridgehead atoms. The Morgan fingerprint density at radius 1 is 1.50 bits per heavy atom. The van der Waals surface area contributed by atoms with Crippen molar-refractivity contribution in [3.05, 3.63) is 46.6 Å². The number of halogens is 1. The zero-order valence-corrected chi connectivity index (χ0v) is 7.13. The van der Waals surface area contributed by atoms with Crippen LogP contribution < -0.4 is 0 Å². The highest BCUT2D eigenvalue weighted by molar-refractivity contribution is 5.30. The molecular formula is C10H10FN. The van der Waals surface area contributed by atoms with Crippen molar-refractivity contribution in [2.45, 2.75) is 19.9 Å². The minimum absolute atomic E-state index is 0.249. The van der Waals surface area contributed by atoms with E-state index in [-0.39, 0.29) is 11.9 Å². The minimum atomic E-state index is -0.272. The summed E-state index contributed by atoms with van der Waals surface area (Å²) >= 11 is 0. The molecule has 0 aliphatic rings. The molecule has 0 aliphatic carbocycles. The summed E-state index contributed by atoms with van der Waals surface area (Å²) in [4.78, 5) is 3.34. The highest BCUT2D eigenvalue weighted by atomic mass is 19.1. The highest BCUT2D eigenvalue weighted by Gasteiger charge is 2.11. The smallest absolute Gasteiger partial charge is 0.246 e. The van der Waals surface area contributed by atoms with Gasteiger partial charge in [-0.1, -0.05) is 6.07 Å². The third kappa shape index (κ3) is 1.62. The Morgan fingerprint density at radius 2 is 2.17 bits per heavy atom. The van der Waals surface area contributed by atoms with Crippen LogP contribution in [0.15, 0.2) is 18.2 Å². The van der Waals surface area contributed by atoms with Crippen LogP contribution in [0.5, 0.6) is 0 Å². The van der Waals surface area contributed by atoms with E-state index in [0.717, 1.165) is 11.1 Å². The third-order valence-corrected chi connectivity index (χ3v) is 1.89. The second-order valence-corrected chi connectivity index (χ2v) is 2.81. The highest BCUT2D eigenvalue weighted by Crippen LogP contribution is 2.21. The SMILES string of the molecule is [C-]#[N+]C(C)c1cc(F)ccc1C. The maximum absolute atomic E-state index is 12.7. The van der Waals surface area contributed by atoms with Gasteiger partial charge in [-0.2, -0.15) is 0 Å². The summed E-state index contributed by atoms with van der Waals surface area (Å²) < 4.78 is 12.7. The molecule has 1 aromatic rings. The van der Waals surface area contributed by atoms with Crippen LogP contribution in [0.1, 0.15) is 24.1 Å². The van der Waals surface area contributed by atoms with E-state index in [9.17, 15) is 4.39 Å². The zero-order valence-electron chi connectivity index (χ0n) is 7.13. The molecule has 0 saturated carbocycles. The second kappa shape index (κ2) is 3.36. The van der Waals surface area contributed by atoms with Crippen LogP contribution in [0.3, 0.4) is 0 Å². The van der Waals surface area contributed by atoms with Crippen molar-refractivity contribution < 1.29 is 4.39 Å². The molecular weight excluding hydrogens is 153 g/mol. The van der Waals surface area contributed by atoms with Crippen molar-refractivity contribution in [2.24, 2.45) is 0 Å². The summed E-state index contributed by atoms with van der Waals surface area (Å²) in [5.41, 5.74) is 1.75. The molecule has 0 aliphatic heterocycles. The van der Waals surface area contributed by atoms with E-state index in [1.165, 1.54) is 12.1 Å². The minimum Gasteiger partial charge on any atom is -0.309 e. The normalized spacial score (nSPS) is 12.2. The molecule has 1 atom stereocenters. The molecule has 1 nitrogen and oxygen atoms in total. The predicted molar refractivity (Wildman–Crippen MR) is 46.2 cm³/mol. The van der Waals surface area contributed by atoms with Crippen LogP contribution in [-0.2, 0) is 0 Å². The van der Waals surface area contributed by atoms with E-state index in [1.807, 2.05) is 6.92 Å². The first-order chi connectivity index (χ1) is 5.65. The average molecular weight is 163 g/mol. The van der Waals surface area contributed by atoms with Crippen LogP contribution in [0.4, 0.5) is 4.39 Å². The first-order valence-electron chi connectivity index (χ1n) is 3.77. The van der Waals surface area contributed by atoms with E-state index in [2.05, 4.69) is 4.85 Å². The van der Waals surface area contributed by atoms with Gasteiger partial charge in [0.1, 0.15) is 5.82 Å². The molecule has 0 heterocycles.